The van der Waals surface area contributed by atoms with Gasteiger partial charge in [-0.25, -0.2) is 4.98 Å². The Morgan fingerprint density at radius 3 is 2.95 bits per heavy atom. The molecular weight excluding hydrogens is 266 g/mol. The second-order valence-electron chi connectivity index (χ2n) is 3.70. The predicted molar refractivity (Wildman–Crippen MR) is 69.0 cm³/mol. The van der Waals surface area contributed by atoms with Gasteiger partial charge in [0.05, 0.1) is 27.3 Å². The standard InChI is InChI=1S/C12H9N3O3S/c1-8-14-10(7-19-8)6-18-12-3-2-9(5-13)4-11(12)15(16)17/h2-4,7H,6H2,1H3. The van der Waals surface area contributed by atoms with Crippen LogP contribution in [0.1, 0.15) is 16.3 Å². The van der Waals surface area contributed by atoms with E-state index in [-0.39, 0.29) is 23.6 Å². The monoisotopic (exact) mass is 275 g/mol. The molecule has 0 saturated heterocycles. The highest BCUT2D eigenvalue weighted by atomic mass is 32.1. The molecule has 0 amide bonds. The number of nitrogens with zero attached hydrogens (tertiary/aromatic N) is 3. The molecule has 0 aliphatic heterocycles. The second-order valence-corrected chi connectivity index (χ2v) is 4.76. The minimum Gasteiger partial charge on any atom is -0.480 e. The number of hydrogen-bond donors (Lipinski definition) is 0. The molecule has 6 nitrogen and oxygen atoms in total. The van der Waals surface area contributed by atoms with Gasteiger partial charge in [-0.2, -0.15) is 5.26 Å². The van der Waals surface area contributed by atoms with Gasteiger partial charge >= 0.3 is 5.69 Å². The van der Waals surface area contributed by atoms with Crippen LogP contribution in [0.2, 0.25) is 0 Å². The lowest BCUT2D eigenvalue weighted by atomic mass is 10.2. The number of rotatable bonds is 4. The SMILES string of the molecule is Cc1nc(COc2ccc(C#N)cc2[N+](=O)[O-])cs1. The van der Waals surface area contributed by atoms with E-state index in [1.807, 2.05) is 18.4 Å². The number of nitriles is 1. The van der Waals surface area contributed by atoms with Gasteiger partial charge < -0.3 is 4.74 Å². The summed E-state index contributed by atoms with van der Waals surface area (Å²) in [5, 5.41) is 22.4. The van der Waals surface area contributed by atoms with Crippen molar-refractivity contribution in [2.45, 2.75) is 13.5 Å². The number of ether oxygens (including phenoxy) is 1. The van der Waals surface area contributed by atoms with Crippen molar-refractivity contribution < 1.29 is 9.66 Å². The van der Waals surface area contributed by atoms with Crippen molar-refractivity contribution in [2.24, 2.45) is 0 Å². The Hall–Kier alpha value is -2.46. The summed E-state index contributed by atoms with van der Waals surface area (Å²) in [6, 6.07) is 5.96. The molecule has 1 aromatic heterocycles. The number of thiazole rings is 1. The minimum atomic E-state index is -0.567. The van der Waals surface area contributed by atoms with Crippen LogP contribution in [-0.4, -0.2) is 9.91 Å². The van der Waals surface area contributed by atoms with Crippen LogP contribution < -0.4 is 4.74 Å². The summed E-state index contributed by atoms with van der Waals surface area (Å²) in [6.45, 7) is 2.04. The molecule has 0 unspecified atom stereocenters. The van der Waals surface area contributed by atoms with Gasteiger partial charge in [-0.05, 0) is 19.1 Å². The topological polar surface area (TPSA) is 89.0 Å². The van der Waals surface area contributed by atoms with Gasteiger partial charge in [-0.15, -0.1) is 11.3 Å². The van der Waals surface area contributed by atoms with Gasteiger partial charge in [0.2, 0.25) is 0 Å². The van der Waals surface area contributed by atoms with Crippen LogP contribution in [0.15, 0.2) is 23.6 Å². The number of aromatic nitrogens is 1. The van der Waals surface area contributed by atoms with Gasteiger partial charge in [-0.1, -0.05) is 0 Å². The van der Waals surface area contributed by atoms with E-state index in [0.717, 1.165) is 10.7 Å². The average molecular weight is 275 g/mol. The third-order valence-corrected chi connectivity index (χ3v) is 3.15. The molecule has 96 valence electrons. The molecule has 0 bridgehead atoms. The molecule has 2 rings (SSSR count). The lowest BCUT2D eigenvalue weighted by Gasteiger charge is -2.05. The first kappa shape index (κ1) is 13.0. The Morgan fingerprint density at radius 1 is 1.58 bits per heavy atom. The number of benzene rings is 1. The lowest BCUT2D eigenvalue weighted by molar-refractivity contribution is -0.386. The third kappa shape index (κ3) is 3.05. The maximum absolute atomic E-state index is 10.9. The van der Waals surface area contributed by atoms with Gasteiger partial charge in [-0.3, -0.25) is 10.1 Å². The highest BCUT2D eigenvalue weighted by Crippen LogP contribution is 2.28. The molecule has 0 radical (unpaired) electrons. The van der Waals surface area contributed by atoms with Gasteiger partial charge in [0, 0.05) is 11.4 Å². The van der Waals surface area contributed by atoms with E-state index in [1.54, 1.807) is 0 Å². The fourth-order valence-corrected chi connectivity index (χ4v) is 2.08. The first-order valence-electron chi connectivity index (χ1n) is 5.32. The zero-order valence-electron chi connectivity index (χ0n) is 9.99. The molecule has 0 fully saturated rings. The number of nitro groups is 1. The zero-order chi connectivity index (χ0) is 13.8. The summed E-state index contributed by atoms with van der Waals surface area (Å²) in [4.78, 5) is 14.5. The first-order chi connectivity index (χ1) is 9.10. The molecule has 19 heavy (non-hydrogen) atoms. The van der Waals surface area contributed by atoms with E-state index in [4.69, 9.17) is 10.00 Å². The normalized spacial score (nSPS) is 9.89. The van der Waals surface area contributed by atoms with Crippen LogP contribution >= 0.6 is 11.3 Å². The van der Waals surface area contributed by atoms with Gasteiger partial charge in [0.15, 0.2) is 5.75 Å². The van der Waals surface area contributed by atoms with Crippen LogP contribution in [0.3, 0.4) is 0 Å². The fourth-order valence-electron chi connectivity index (χ4n) is 1.48. The van der Waals surface area contributed by atoms with Crippen LogP contribution in [0, 0.1) is 28.4 Å². The summed E-state index contributed by atoms with van der Waals surface area (Å²) < 4.78 is 5.39. The number of aryl methyl sites for hydroxylation is 1. The molecule has 0 N–H and O–H groups in total. The molecular formula is C12H9N3O3S. The summed E-state index contributed by atoms with van der Waals surface area (Å²) in [5.74, 6) is 0.134. The molecule has 1 heterocycles. The second kappa shape index (κ2) is 5.46. The quantitative estimate of drug-likeness (QED) is 0.632. The molecule has 0 saturated carbocycles. The Kier molecular flexibility index (Phi) is 3.73. The molecule has 0 spiro atoms. The Labute approximate surface area is 113 Å². The van der Waals surface area contributed by atoms with Crippen molar-refractivity contribution in [1.29, 1.82) is 5.26 Å². The van der Waals surface area contributed by atoms with E-state index in [1.165, 1.54) is 29.5 Å². The smallest absolute Gasteiger partial charge is 0.312 e. The number of nitro benzene ring substituents is 1. The largest absolute Gasteiger partial charge is 0.480 e. The van der Waals surface area contributed by atoms with E-state index >= 15 is 0 Å². The van der Waals surface area contributed by atoms with E-state index in [2.05, 4.69) is 4.98 Å². The molecule has 0 aliphatic carbocycles. The van der Waals surface area contributed by atoms with Crippen molar-refractivity contribution in [3.05, 3.63) is 50.0 Å². The third-order valence-electron chi connectivity index (χ3n) is 2.33. The Bertz CT molecular complexity index is 660. The van der Waals surface area contributed by atoms with Crippen molar-refractivity contribution in [2.75, 3.05) is 0 Å². The van der Waals surface area contributed by atoms with Crippen LogP contribution in [0.25, 0.3) is 0 Å². The van der Waals surface area contributed by atoms with Crippen LogP contribution in [-0.2, 0) is 6.61 Å². The fraction of sp³-hybridized carbons (Fsp3) is 0.167. The number of hydrogen-bond acceptors (Lipinski definition) is 6. The molecule has 2 aromatic rings. The average Bonchev–Trinajstić information content (AvgIpc) is 2.82. The minimum absolute atomic E-state index is 0.134. The summed E-state index contributed by atoms with van der Waals surface area (Å²) in [6.07, 6.45) is 0. The maximum atomic E-state index is 10.9. The summed E-state index contributed by atoms with van der Waals surface area (Å²) in [7, 11) is 0. The lowest BCUT2D eigenvalue weighted by Crippen LogP contribution is -2.00. The van der Waals surface area contributed by atoms with Crippen LogP contribution in [0.5, 0.6) is 5.75 Å². The van der Waals surface area contributed by atoms with Crippen molar-refractivity contribution >= 4 is 17.0 Å². The van der Waals surface area contributed by atoms with Gasteiger partial charge in [0.25, 0.3) is 0 Å². The molecule has 0 aliphatic rings. The highest BCUT2D eigenvalue weighted by molar-refractivity contribution is 7.09. The van der Waals surface area contributed by atoms with Crippen molar-refractivity contribution in [1.82, 2.24) is 4.98 Å². The first-order valence-corrected chi connectivity index (χ1v) is 6.20. The van der Waals surface area contributed by atoms with Gasteiger partial charge in [0.1, 0.15) is 6.61 Å². The zero-order valence-corrected chi connectivity index (χ0v) is 10.8. The molecule has 0 atom stereocenters. The van der Waals surface area contributed by atoms with Crippen molar-refractivity contribution in [3.63, 3.8) is 0 Å². The van der Waals surface area contributed by atoms with E-state index < -0.39 is 4.92 Å². The maximum Gasteiger partial charge on any atom is 0.312 e. The summed E-state index contributed by atoms with van der Waals surface area (Å²) in [5.41, 5.74) is 0.732. The van der Waals surface area contributed by atoms with E-state index in [9.17, 15) is 10.1 Å². The Balaban J connectivity index is 2.20. The predicted octanol–water partition coefficient (Wildman–Crippen LogP) is 2.81. The molecule has 1 aromatic carbocycles. The summed E-state index contributed by atoms with van der Waals surface area (Å²) >= 11 is 1.49. The van der Waals surface area contributed by atoms with Crippen molar-refractivity contribution in [3.8, 4) is 11.8 Å². The molecule has 7 heteroatoms. The Morgan fingerprint density at radius 2 is 2.37 bits per heavy atom. The van der Waals surface area contributed by atoms with E-state index in [0.29, 0.717) is 0 Å². The highest BCUT2D eigenvalue weighted by Gasteiger charge is 2.16. The van der Waals surface area contributed by atoms with Crippen LogP contribution in [0.4, 0.5) is 5.69 Å².